The van der Waals surface area contributed by atoms with Gasteiger partial charge in [0.25, 0.3) is 0 Å². The molecular weight excluding hydrogens is 360 g/mol. The SMILES string of the molecule is CCCCNc1nccc(NCCCNc2ccnc3cc(Cl)ccc23)n1. The van der Waals surface area contributed by atoms with Gasteiger partial charge in [-0.1, -0.05) is 24.9 Å². The monoisotopic (exact) mass is 384 g/mol. The van der Waals surface area contributed by atoms with E-state index >= 15 is 0 Å². The Morgan fingerprint density at radius 3 is 2.59 bits per heavy atom. The molecule has 0 aliphatic heterocycles. The topological polar surface area (TPSA) is 74.8 Å². The van der Waals surface area contributed by atoms with E-state index in [4.69, 9.17) is 11.6 Å². The van der Waals surface area contributed by atoms with Crippen molar-refractivity contribution in [2.45, 2.75) is 26.2 Å². The molecule has 0 aliphatic carbocycles. The highest BCUT2D eigenvalue weighted by molar-refractivity contribution is 6.31. The highest BCUT2D eigenvalue weighted by atomic mass is 35.5. The van der Waals surface area contributed by atoms with Crippen molar-refractivity contribution < 1.29 is 0 Å². The normalized spacial score (nSPS) is 10.7. The maximum atomic E-state index is 6.04. The van der Waals surface area contributed by atoms with Crippen LogP contribution >= 0.6 is 11.6 Å². The van der Waals surface area contributed by atoms with E-state index < -0.39 is 0 Å². The number of rotatable bonds is 10. The van der Waals surface area contributed by atoms with Gasteiger partial charge in [0.1, 0.15) is 5.82 Å². The van der Waals surface area contributed by atoms with E-state index in [0.29, 0.717) is 11.0 Å². The molecule has 2 aromatic heterocycles. The second-order valence-corrected chi connectivity index (χ2v) is 6.71. The number of nitrogens with one attached hydrogen (secondary N) is 3. The van der Waals surface area contributed by atoms with Crippen LogP contribution in [0.4, 0.5) is 17.5 Å². The fraction of sp³-hybridized carbons (Fsp3) is 0.350. The summed E-state index contributed by atoms with van der Waals surface area (Å²) >= 11 is 6.04. The number of halogens is 1. The minimum Gasteiger partial charge on any atom is -0.384 e. The molecule has 0 bridgehead atoms. The largest absolute Gasteiger partial charge is 0.384 e. The first kappa shape index (κ1) is 19.2. The number of anilines is 3. The second-order valence-electron chi connectivity index (χ2n) is 6.27. The summed E-state index contributed by atoms with van der Waals surface area (Å²) in [4.78, 5) is 13.1. The van der Waals surface area contributed by atoms with Crippen LogP contribution in [0.2, 0.25) is 5.02 Å². The highest BCUT2D eigenvalue weighted by Crippen LogP contribution is 2.24. The molecule has 7 heteroatoms. The van der Waals surface area contributed by atoms with Gasteiger partial charge in [-0.05, 0) is 43.2 Å². The van der Waals surface area contributed by atoms with E-state index in [1.54, 1.807) is 12.4 Å². The number of aromatic nitrogens is 3. The number of unbranched alkanes of at least 4 members (excludes halogenated alkanes) is 1. The van der Waals surface area contributed by atoms with Crippen LogP contribution in [0.5, 0.6) is 0 Å². The lowest BCUT2D eigenvalue weighted by atomic mass is 10.2. The number of hydrogen-bond acceptors (Lipinski definition) is 6. The van der Waals surface area contributed by atoms with Crippen LogP contribution in [-0.2, 0) is 0 Å². The molecule has 0 radical (unpaired) electrons. The van der Waals surface area contributed by atoms with E-state index in [0.717, 1.165) is 61.3 Å². The Morgan fingerprint density at radius 2 is 1.70 bits per heavy atom. The smallest absolute Gasteiger partial charge is 0.224 e. The summed E-state index contributed by atoms with van der Waals surface area (Å²) in [5.74, 6) is 1.52. The Hall–Kier alpha value is -2.60. The van der Waals surface area contributed by atoms with Crippen molar-refractivity contribution >= 4 is 40.0 Å². The molecule has 6 nitrogen and oxygen atoms in total. The average Bonchev–Trinajstić information content (AvgIpc) is 2.68. The Bertz CT molecular complexity index is 870. The number of benzene rings is 1. The van der Waals surface area contributed by atoms with Crippen molar-refractivity contribution in [3.05, 3.63) is 47.7 Å². The van der Waals surface area contributed by atoms with Crippen LogP contribution in [0.1, 0.15) is 26.2 Å². The quantitative estimate of drug-likeness (QED) is 0.436. The van der Waals surface area contributed by atoms with Crippen LogP contribution in [-0.4, -0.2) is 34.6 Å². The summed E-state index contributed by atoms with van der Waals surface area (Å²) in [6, 6.07) is 9.64. The second kappa shape index (κ2) is 9.92. The lowest BCUT2D eigenvalue weighted by Gasteiger charge is -2.11. The standard InChI is InChI=1S/C20H25ClN6/c1-2-3-9-25-20-26-13-8-19(27-20)24-11-4-10-22-17-7-12-23-18-14-15(21)5-6-16(17)18/h5-8,12-14H,2-4,9-11H2,1H3,(H,22,23)(H2,24,25,26,27). The van der Waals surface area contributed by atoms with Crippen molar-refractivity contribution in [3.63, 3.8) is 0 Å². The van der Waals surface area contributed by atoms with Crippen LogP contribution in [0.25, 0.3) is 10.9 Å². The first-order valence-electron chi connectivity index (χ1n) is 9.35. The third-order valence-electron chi connectivity index (χ3n) is 4.15. The lowest BCUT2D eigenvalue weighted by Crippen LogP contribution is -2.11. The van der Waals surface area contributed by atoms with Gasteiger partial charge in [0.2, 0.25) is 5.95 Å². The molecular formula is C20H25ClN6. The molecule has 0 saturated heterocycles. The molecule has 0 fully saturated rings. The number of nitrogens with zero attached hydrogens (tertiary/aromatic N) is 3. The van der Waals surface area contributed by atoms with Gasteiger partial charge in [-0.3, -0.25) is 4.98 Å². The first-order chi connectivity index (χ1) is 13.3. The van der Waals surface area contributed by atoms with Crippen LogP contribution in [0, 0.1) is 0 Å². The third kappa shape index (κ3) is 5.69. The predicted octanol–water partition coefficient (Wildman–Crippen LogP) is 4.80. The van der Waals surface area contributed by atoms with Crippen molar-refractivity contribution in [2.24, 2.45) is 0 Å². The molecule has 142 valence electrons. The first-order valence-corrected chi connectivity index (χ1v) is 9.73. The molecule has 0 unspecified atom stereocenters. The summed E-state index contributed by atoms with van der Waals surface area (Å²) in [7, 11) is 0. The molecule has 27 heavy (non-hydrogen) atoms. The Balaban J connectivity index is 1.45. The fourth-order valence-electron chi connectivity index (χ4n) is 2.72. The molecule has 1 aromatic carbocycles. The Kier molecular flexibility index (Phi) is 7.04. The van der Waals surface area contributed by atoms with E-state index in [2.05, 4.69) is 37.8 Å². The molecule has 0 amide bonds. The Labute approximate surface area is 164 Å². The van der Waals surface area contributed by atoms with Crippen molar-refractivity contribution in [1.82, 2.24) is 15.0 Å². The van der Waals surface area contributed by atoms with E-state index in [1.807, 2.05) is 30.3 Å². The van der Waals surface area contributed by atoms with Gasteiger partial charge in [-0.15, -0.1) is 0 Å². The minimum atomic E-state index is 0.675. The summed E-state index contributed by atoms with van der Waals surface area (Å²) in [5.41, 5.74) is 1.97. The minimum absolute atomic E-state index is 0.675. The van der Waals surface area contributed by atoms with E-state index in [9.17, 15) is 0 Å². The van der Waals surface area contributed by atoms with Gasteiger partial charge in [-0.25, -0.2) is 4.98 Å². The van der Waals surface area contributed by atoms with Crippen LogP contribution in [0.3, 0.4) is 0 Å². The van der Waals surface area contributed by atoms with Gasteiger partial charge in [0, 0.05) is 48.1 Å². The molecule has 3 rings (SSSR count). The molecule has 0 spiro atoms. The summed E-state index contributed by atoms with van der Waals surface area (Å²) in [6.45, 7) is 4.74. The molecule has 0 aliphatic rings. The van der Waals surface area contributed by atoms with Crippen LogP contribution < -0.4 is 16.0 Å². The Morgan fingerprint density at radius 1 is 0.889 bits per heavy atom. The van der Waals surface area contributed by atoms with Crippen molar-refractivity contribution in [1.29, 1.82) is 0 Å². The zero-order valence-corrected chi connectivity index (χ0v) is 16.3. The number of hydrogen-bond donors (Lipinski definition) is 3. The third-order valence-corrected chi connectivity index (χ3v) is 4.38. The maximum Gasteiger partial charge on any atom is 0.224 e. The van der Waals surface area contributed by atoms with E-state index in [1.165, 1.54) is 0 Å². The summed E-state index contributed by atoms with van der Waals surface area (Å²) < 4.78 is 0. The average molecular weight is 385 g/mol. The maximum absolute atomic E-state index is 6.04. The molecule has 0 atom stereocenters. The fourth-order valence-corrected chi connectivity index (χ4v) is 2.89. The lowest BCUT2D eigenvalue weighted by molar-refractivity contribution is 0.826. The molecule has 0 saturated carbocycles. The zero-order valence-electron chi connectivity index (χ0n) is 15.5. The predicted molar refractivity (Wildman–Crippen MR) is 114 cm³/mol. The zero-order chi connectivity index (χ0) is 18.9. The van der Waals surface area contributed by atoms with Gasteiger partial charge >= 0.3 is 0 Å². The van der Waals surface area contributed by atoms with Gasteiger partial charge in [-0.2, -0.15) is 4.98 Å². The summed E-state index contributed by atoms with van der Waals surface area (Å²) in [6.07, 6.45) is 6.80. The summed E-state index contributed by atoms with van der Waals surface area (Å²) in [5, 5.41) is 11.8. The highest BCUT2D eigenvalue weighted by Gasteiger charge is 2.02. The van der Waals surface area contributed by atoms with Gasteiger partial charge < -0.3 is 16.0 Å². The molecule has 2 heterocycles. The number of fused-ring (bicyclic) bond motifs is 1. The van der Waals surface area contributed by atoms with Crippen molar-refractivity contribution in [3.8, 4) is 0 Å². The number of pyridine rings is 1. The van der Waals surface area contributed by atoms with Gasteiger partial charge in [0.05, 0.1) is 5.52 Å². The van der Waals surface area contributed by atoms with Crippen LogP contribution in [0.15, 0.2) is 42.7 Å². The van der Waals surface area contributed by atoms with E-state index in [-0.39, 0.29) is 0 Å². The van der Waals surface area contributed by atoms with Crippen molar-refractivity contribution in [2.75, 3.05) is 35.6 Å². The molecule has 3 aromatic rings. The molecule has 3 N–H and O–H groups in total. The van der Waals surface area contributed by atoms with Gasteiger partial charge in [0.15, 0.2) is 0 Å².